The molecule has 0 bridgehead atoms. The van der Waals surface area contributed by atoms with Gasteiger partial charge < -0.3 is 10.2 Å². The molecule has 0 aromatic heterocycles. The molecular formula is C18H14F4O2. The van der Waals surface area contributed by atoms with E-state index >= 15 is 0 Å². The maximum Gasteiger partial charge on any atom is 0.433 e. The summed E-state index contributed by atoms with van der Waals surface area (Å²) in [6, 6.07) is 10.9. The van der Waals surface area contributed by atoms with E-state index in [0.717, 1.165) is 31.2 Å². The Morgan fingerprint density at radius 1 is 0.792 bits per heavy atom. The lowest BCUT2D eigenvalue weighted by Gasteiger charge is -2.26. The molecule has 0 aliphatic rings. The van der Waals surface area contributed by atoms with Crippen LogP contribution >= 0.6 is 0 Å². The topological polar surface area (TPSA) is 40.5 Å². The maximum atomic E-state index is 13.3. The quantitative estimate of drug-likeness (QED) is 0.650. The molecule has 0 aliphatic heterocycles. The van der Waals surface area contributed by atoms with Gasteiger partial charge in [-0.25, -0.2) is 4.39 Å². The molecule has 0 radical (unpaired) electrons. The number of hydrogen-bond acceptors (Lipinski definition) is 2. The monoisotopic (exact) mass is 338 g/mol. The van der Waals surface area contributed by atoms with E-state index in [0.29, 0.717) is 0 Å². The molecule has 2 aromatic carbocycles. The van der Waals surface area contributed by atoms with Crippen molar-refractivity contribution in [3.05, 3.63) is 71.5 Å². The zero-order valence-corrected chi connectivity index (χ0v) is 12.6. The van der Waals surface area contributed by atoms with Crippen molar-refractivity contribution in [1.82, 2.24) is 0 Å². The first-order chi connectivity index (χ1) is 11.1. The smallest absolute Gasteiger partial charge is 0.374 e. The Hall–Kier alpha value is -2.36. The van der Waals surface area contributed by atoms with Gasteiger partial charge in [-0.2, -0.15) is 13.2 Å². The highest BCUT2D eigenvalue weighted by Gasteiger charge is 2.54. The van der Waals surface area contributed by atoms with E-state index in [1.54, 1.807) is 5.92 Å². The highest BCUT2D eigenvalue weighted by atomic mass is 19.4. The molecule has 24 heavy (non-hydrogen) atoms. The lowest BCUT2D eigenvalue weighted by atomic mass is 9.90. The molecule has 6 heteroatoms. The third-order valence-corrected chi connectivity index (χ3v) is 3.49. The van der Waals surface area contributed by atoms with Gasteiger partial charge in [0.2, 0.25) is 5.60 Å². The summed E-state index contributed by atoms with van der Waals surface area (Å²) >= 11 is 0. The van der Waals surface area contributed by atoms with Gasteiger partial charge in [0.05, 0.1) is 0 Å². The Morgan fingerprint density at radius 3 is 1.83 bits per heavy atom. The van der Waals surface area contributed by atoms with Crippen LogP contribution in [0.1, 0.15) is 18.1 Å². The SMILES string of the molecule is C[C@](O)(C#C[C@@](O)(c1ccccc1)C(F)(F)F)c1ccc(F)cc1. The lowest BCUT2D eigenvalue weighted by Crippen LogP contribution is -2.41. The van der Waals surface area contributed by atoms with E-state index in [1.807, 2.05) is 0 Å². The van der Waals surface area contributed by atoms with Gasteiger partial charge >= 0.3 is 6.18 Å². The van der Waals surface area contributed by atoms with Crippen molar-refractivity contribution in [3.8, 4) is 11.8 Å². The molecule has 0 unspecified atom stereocenters. The fourth-order valence-electron chi connectivity index (χ4n) is 2.04. The van der Waals surface area contributed by atoms with Crippen molar-refractivity contribution in [2.45, 2.75) is 24.3 Å². The molecule has 2 aromatic rings. The van der Waals surface area contributed by atoms with Gasteiger partial charge in [0.25, 0.3) is 0 Å². The van der Waals surface area contributed by atoms with Crippen LogP contribution in [0.4, 0.5) is 17.6 Å². The highest BCUT2D eigenvalue weighted by molar-refractivity contribution is 5.38. The number of rotatable bonds is 2. The summed E-state index contributed by atoms with van der Waals surface area (Å²) in [6.07, 6.45) is -5.07. The second-order valence-electron chi connectivity index (χ2n) is 5.40. The van der Waals surface area contributed by atoms with Gasteiger partial charge in [-0.15, -0.1) is 0 Å². The molecule has 0 saturated carbocycles. The van der Waals surface area contributed by atoms with Crippen LogP contribution in [0.25, 0.3) is 0 Å². The fourth-order valence-corrected chi connectivity index (χ4v) is 2.04. The summed E-state index contributed by atoms with van der Waals surface area (Å²) in [5.41, 5.74) is -5.78. The van der Waals surface area contributed by atoms with Crippen molar-refractivity contribution in [2.24, 2.45) is 0 Å². The first-order valence-electron chi connectivity index (χ1n) is 6.94. The Labute approximate surface area is 136 Å². The average molecular weight is 338 g/mol. The van der Waals surface area contributed by atoms with E-state index in [9.17, 15) is 27.8 Å². The van der Waals surface area contributed by atoms with Crippen LogP contribution in [0.3, 0.4) is 0 Å². The lowest BCUT2D eigenvalue weighted by molar-refractivity contribution is -0.240. The number of halogens is 4. The maximum absolute atomic E-state index is 13.3. The average Bonchev–Trinajstić information content (AvgIpc) is 2.53. The van der Waals surface area contributed by atoms with E-state index in [-0.39, 0.29) is 5.56 Å². The molecule has 0 heterocycles. The standard InChI is InChI=1S/C18H14F4O2/c1-16(23,13-7-9-15(19)10-8-13)11-12-17(24,18(20,21)22)14-5-3-2-4-6-14/h2-10,23-24H,1H3/t16-,17+/m0/s1. The summed E-state index contributed by atoms with van der Waals surface area (Å²) in [5, 5.41) is 20.4. The Bertz CT molecular complexity index is 756. The molecule has 2 nitrogen and oxygen atoms in total. The van der Waals surface area contributed by atoms with Crippen molar-refractivity contribution in [1.29, 1.82) is 0 Å². The summed E-state index contributed by atoms with van der Waals surface area (Å²) in [5.74, 6) is 3.24. The van der Waals surface area contributed by atoms with Crippen LogP contribution in [0.15, 0.2) is 54.6 Å². The fraction of sp³-hybridized carbons (Fsp3) is 0.222. The van der Waals surface area contributed by atoms with Gasteiger partial charge in [0.15, 0.2) is 0 Å². The van der Waals surface area contributed by atoms with E-state index < -0.39 is 28.8 Å². The largest absolute Gasteiger partial charge is 0.433 e. The second-order valence-corrected chi connectivity index (χ2v) is 5.40. The zero-order valence-electron chi connectivity index (χ0n) is 12.6. The van der Waals surface area contributed by atoms with Crippen molar-refractivity contribution in [3.63, 3.8) is 0 Å². The molecule has 2 rings (SSSR count). The zero-order chi connectivity index (χ0) is 18.0. The Balaban J connectivity index is 2.49. The molecule has 0 spiro atoms. The van der Waals surface area contributed by atoms with Gasteiger partial charge in [0, 0.05) is 5.56 Å². The predicted molar refractivity (Wildman–Crippen MR) is 80.1 cm³/mol. The third kappa shape index (κ3) is 3.58. The normalized spacial score (nSPS) is 16.5. The number of benzene rings is 2. The van der Waals surface area contributed by atoms with Crippen LogP contribution in [0.5, 0.6) is 0 Å². The van der Waals surface area contributed by atoms with Gasteiger partial charge in [-0.05, 0) is 24.6 Å². The van der Waals surface area contributed by atoms with Crippen molar-refractivity contribution < 1.29 is 27.8 Å². The highest BCUT2D eigenvalue weighted by Crippen LogP contribution is 2.38. The minimum absolute atomic E-state index is 0.106. The van der Waals surface area contributed by atoms with Gasteiger partial charge in [-0.1, -0.05) is 54.3 Å². The summed E-state index contributed by atoms with van der Waals surface area (Å²) in [7, 11) is 0. The van der Waals surface area contributed by atoms with Gasteiger partial charge in [0.1, 0.15) is 11.4 Å². The van der Waals surface area contributed by atoms with Crippen molar-refractivity contribution >= 4 is 0 Å². The molecular weight excluding hydrogens is 324 g/mol. The number of aliphatic hydroxyl groups is 2. The molecule has 0 aliphatic carbocycles. The third-order valence-electron chi connectivity index (χ3n) is 3.49. The minimum Gasteiger partial charge on any atom is -0.374 e. The summed E-state index contributed by atoms with van der Waals surface area (Å²) in [4.78, 5) is 0. The first kappa shape index (κ1) is 18.0. The van der Waals surface area contributed by atoms with Crippen LogP contribution in [-0.4, -0.2) is 16.4 Å². The predicted octanol–water partition coefficient (Wildman–Crippen LogP) is 3.49. The van der Waals surface area contributed by atoms with Gasteiger partial charge in [-0.3, -0.25) is 0 Å². The molecule has 2 N–H and O–H groups in total. The van der Waals surface area contributed by atoms with E-state index in [2.05, 4.69) is 5.92 Å². The van der Waals surface area contributed by atoms with E-state index in [1.165, 1.54) is 30.3 Å². The second kappa shape index (κ2) is 6.27. The number of hydrogen-bond donors (Lipinski definition) is 2. The van der Waals surface area contributed by atoms with Crippen LogP contribution < -0.4 is 0 Å². The van der Waals surface area contributed by atoms with E-state index in [4.69, 9.17) is 0 Å². The summed E-state index contributed by atoms with van der Waals surface area (Å²) in [6.45, 7) is 1.16. The molecule has 0 saturated heterocycles. The van der Waals surface area contributed by atoms with Crippen LogP contribution in [0, 0.1) is 17.7 Å². The number of alkyl halides is 3. The molecule has 0 amide bonds. The first-order valence-corrected chi connectivity index (χ1v) is 6.94. The van der Waals surface area contributed by atoms with Crippen LogP contribution in [0.2, 0.25) is 0 Å². The molecule has 2 atom stereocenters. The Morgan fingerprint density at radius 2 is 1.33 bits per heavy atom. The molecule has 126 valence electrons. The Kier molecular flexibility index (Phi) is 4.70. The van der Waals surface area contributed by atoms with Crippen LogP contribution in [-0.2, 0) is 11.2 Å². The minimum atomic E-state index is -5.07. The van der Waals surface area contributed by atoms with Crippen molar-refractivity contribution in [2.75, 3.05) is 0 Å². The summed E-state index contributed by atoms with van der Waals surface area (Å²) < 4.78 is 52.9. The molecule has 0 fully saturated rings.